The summed E-state index contributed by atoms with van der Waals surface area (Å²) in [5, 5.41) is 23.5. The minimum atomic E-state index is -0.894. The number of benzene rings is 1. The van der Waals surface area contributed by atoms with Crippen molar-refractivity contribution < 1.29 is 19.4 Å². The molecule has 1 aliphatic heterocycles. The lowest BCUT2D eigenvalue weighted by Gasteiger charge is -2.31. The molecular formula is C29H40N4O4. The molecular weight excluding hydrogens is 468 g/mol. The van der Waals surface area contributed by atoms with Crippen molar-refractivity contribution in [1.82, 2.24) is 15.5 Å². The van der Waals surface area contributed by atoms with E-state index in [0.29, 0.717) is 30.4 Å². The number of rotatable bonds is 11. The molecule has 0 radical (unpaired) electrons. The fourth-order valence-electron chi connectivity index (χ4n) is 4.71. The predicted octanol–water partition coefficient (Wildman–Crippen LogP) is 4.13. The molecule has 1 aliphatic carbocycles. The third kappa shape index (κ3) is 8.60. The van der Waals surface area contributed by atoms with Crippen LogP contribution in [0.25, 0.3) is 5.57 Å². The number of amidine groups is 1. The van der Waals surface area contributed by atoms with Gasteiger partial charge < -0.3 is 25.4 Å². The van der Waals surface area contributed by atoms with E-state index in [2.05, 4.69) is 17.2 Å². The number of carbonyl (C=O) groups is 2. The molecule has 0 spiro atoms. The summed E-state index contributed by atoms with van der Waals surface area (Å²) < 4.78 is 6.09. The van der Waals surface area contributed by atoms with Crippen LogP contribution in [0.4, 0.5) is 0 Å². The van der Waals surface area contributed by atoms with E-state index in [1.807, 2.05) is 31.2 Å². The maximum absolute atomic E-state index is 13.3. The van der Waals surface area contributed by atoms with E-state index in [0.717, 1.165) is 36.8 Å². The first-order valence-corrected chi connectivity index (χ1v) is 13.0. The van der Waals surface area contributed by atoms with E-state index >= 15 is 0 Å². The topological polar surface area (TPSA) is 115 Å². The Labute approximate surface area is 220 Å². The van der Waals surface area contributed by atoms with Gasteiger partial charge in [-0.25, -0.2) is 0 Å². The van der Waals surface area contributed by atoms with Crippen molar-refractivity contribution in [3.63, 3.8) is 0 Å². The molecule has 200 valence electrons. The van der Waals surface area contributed by atoms with Crippen LogP contribution in [0, 0.1) is 11.3 Å². The largest absolute Gasteiger partial charge is 0.459 e. The summed E-state index contributed by atoms with van der Waals surface area (Å²) in [6.45, 7) is 9.74. The van der Waals surface area contributed by atoms with E-state index in [1.165, 1.54) is 24.8 Å². The highest BCUT2D eigenvalue weighted by atomic mass is 16.5. The molecule has 1 fully saturated rings. The number of nitrogens with zero attached hydrogens (tertiary/aromatic N) is 1. The first-order valence-electron chi connectivity index (χ1n) is 13.0. The van der Waals surface area contributed by atoms with Gasteiger partial charge in [0.2, 0.25) is 5.91 Å². The SMILES string of the molecule is C=C(C)c1ccccc1OC1=CC(=O)N([C@@H](CC2CCCCC2)C(=O)NC(=N)/C=C\NCC(C)(C)O)C1. The average Bonchev–Trinajstić information content (AvgIpc) is 3.20. The van der Waals surface area contributed by atoms with Gasteiger partial charge in [-0.1, -0.05) is 56.9 Å². The molecule has 4 N–H and O–H groups in total. The summed E-state index contributed by atoms with van der Waals surface area (Å²) in [6, 6.07) is 6.82. The molecule has 1 saturated carbocycles. The molecule has 37 heavy (non-hydrogen) atoms. The van der Waals surface area contributed by atoms with Crippen molar-refractivity contribution in [2.45, 2.75) is 70.9 Å². The summed E-state index contributed by atoms with van der Waals surface area (Å²) in [7, 11) is 0. The lowest BCUT2D eigenvalue weighted by molar-refractivity contribution is -0.135. The fourth-order valence-corrected chi connectivity index (χ4v) is 4.71. The molecule has 0 bridgehead atoms. The van der Waals surface area contributed by atoms with Crippen LogP contribution in [0.1, 0.15) is 64.9 Å². The second kappa shape index (κ2) is 12.7. The highest BCUT2D eigenvalue weighted by molar-refractivity contribution is 6.05. The second-order valence-corrected chi connectivity index (χ2v) is 10.6. The normalized spacial score (nSPS) is 17.5. The maximum Gasteiger partial charge on any atom is 0.251 e. The molecule has 1 aromatic carbocycles. The summed E-state index contributed by atoms with van der Waals surface area (Å²) in [6.07, 6.45) is 10.5. The lowest BCUT2D eigenvalue weighted by Crippen LogP contribution is -2.50. The zero-order valence-corrected chi connectivity index (χ0v) is 22.2. The van der Waals surface area contributed by atoms with Crippen LogP contribution in [-0.4, -0.2) is 52.4 Å². The lowest BCUT2D eigenvalue weighted by atomic mass is 9.84. The van der Waals surface area contributed by atoms with Crippen LogP contribution < -0.4 is 15.4 Å². The van der Waals surface area contributed by atoms with Gasteiger partial charge in [-0.15, -0.1) is 0 Å². The van der Waals surface area contributed by atoms with Gasteiger partial charge in [-0.05, 0) is 50.8 Å². The number of allylic oxidation sites excluding steroid dienone is 1. The van der Waals surface area contributed by atoms with E-state index in [9.17, 15) is 14.7 Å². The Balaban J connectivity index is 1.70. The van der Waals surface area contributed by atoms with Crippen molar-refractivity contribution >= 4 is 23.2 Å². The monoisotopic (exact) mass is 508 g/mol. The van der Waals surface area contributed by atoms with Gasteiger partial charge in [0.1, 0.15) is 23.4 Å². The minimum absolute atomic E-state index is 0.0895. The van der Waals surface area contributed by atoms with Crippen LogP contribution >= 0.6 is 0 Å². The van der Waals surface area contributed by atoms with Gasteiger partial charge in [0, 0.05) is 24.4 Å². The Morgan fingerprint density at radius 2 is 2.00 bits per heavy atom. The van der Waals surface area contributed by atoms with Crippen LogP contribution in [0.5, 0.6) is 5.75 Å². The number of amides is 2. The summed E-state index contributed by atoms with van der Waals surface area (Å²) in [5.74, 6) is 0.708. The third-order valence-corrected chi connectivity index (χ3v) is 6.60. The fraction of sp³-hybridized carbons (Fsp3) is 0.483. The molecule has 0 aromatic heterocycles. The quantitative estimate of drug-likeness (QED) is 0.265. The van der Waals surface area contributed by atoms with E-state index in [1.54, 1.807) is 18.7 Å². The van der Waals surface area contributed by atoms with Crippen LogP contribution in [-0.2, 0) is 9.59 Å². The molecule has 0 saturated heterocycles. The molecule has 2 amide bonds. The standard InChI is InChI=1S/C29H40N4O4/c1-20(2)23-12-8-9-13-25(23)37-22-17-27(34)33(18-22)24(16-21-10-6-5-7-11-21)28(35)32-26(30)14-15-31-19-29(3,4)36/h8-9,12-15,17,21,24,31,36H,1,5-7,10-11,16,18-19H2,2-4H3,(H2,30,32,35)/b15-14-/t24-/m0/s1. The zero-order chi connectivity index (χ0) is 27.0. The van der Waals surface area contributed by atoms with Crippen molar-refractivity contribution in [3.8, 4) is 5.75 Å². The summed E-state index contributed by atoms with van der Waals surface area (Å²) in [5.41, 5.74) is 0.828. The Kier molecular flexibility index (Phi) is 9.69. The molecule has 1 aromatic rings. The number of para-hydroxylation sites is 1. The number of nitrogens with one attached hydrogen (secondary N) is 3. The number of hydrogen-bond donors (Lipinski definition) is 4. The Hall–Kier alpha value is -3.39. The van der Waals surface area contributed by atoms with Crippen LogP contribution in [0.15, 0.2) is 55.0 Å². The minimum Gasteiger partial charge on any atom is -0.459 e. The molecule has 2 aliphatic rings. The van der Waals surface area contributed by atoms with Gasteiger partial charge in [0.25, 0.3) is 5.91 Å². The number of carbonyl (C=O) groups excluding carboxylic acids is 2. The highest BCUT2D eigenvalue weighted by Gasteiger charge is 2.36. The smallest absolute Gasteiger partial charge is 0.251 e. The first-order chi connectivity index (χ1) is 17.5. The molecule has 1 atom stereocenters. The van der Waals surface area contributed by atoms with E-state index in [-0.39, 0.29) is 24.2 Å². The molecule has 8 heteroatoms. The third-order valence-electron chi connectivity index (χ3n) is 6.60. The van der Waals surface area contributed by atoms with Crippen molar-refractivity contribution in [1.29, 1.82) is 5.41 Å². The van der Waals surface area contributed by atoms with Crippen LogP contribution in [0.3, 0.4) is 0 Å². The number of aliphatic hydroxyl groups is 1. The Bertz CT molecular complexity index is 1060. The first kappa shape index (κ1) is 28.2. The van der Waals surface area contributed by atoms with Crippen molar-refractivity contribution in [2.24, 2.45) is 5.92 Å². The number of hydrogen-bond acceptors (Lipinski definition) is 6. The van der Waals surface area contributed by atoms with Gasteiger partial charge in [0.05, 0.1) is 12.1 Å². The van der Waals surface area contributed by atoms with Gasteiger partial charge in [-0.2, -0.15) is 0 Å². The molecule has 3 rings (SSSR count). The van der Waals surface area contributed by atoms with E-state index < -0.39 is 11.6 Å². The van der Waals surface area contributed by atoms with E-state index in [4.69, 9.17) is 10.1 Å². The Morgan fingerprint density at radius 3 is 2.68 bits per heavy atom. The van der Waals surface area contributed by atoms with Crippen molar-refractivity contribution in [3.05, 3.63) is 60.5 Å². The second-order valence-electron chi connectivity index (χ2n) is 10.6. The molecule has 8 nitrogen and oxygen atoms in total. The average molecular weight is 509 g/mol. The zero-order valence-electron chi connectivity index (χ0n) is 22.2. The van der Waals surface area contributed by atoms with Gasteiger partial charge in [0.15, 0.2) is 0 Å². The molecule has 1 heterocycles. The predicted molar refractivity (Wildman–Crippen MR) is 146 cm³/mol. The summed E-state index contributed by atoms with van der Waals surface area (Å²) >= 11 is 0. The van der Waals surface area contributed by atoms with Crippen LogP contribution in [0.2, 0.25) is 0 Å². The Morgan fingerprint density at radius 1 is 1.30 bits per heavy atom. The van der Waals surface area contributed by atoms with Gasteiger partial charge >= 0.3 is 0 Å². The number of ether oxygens (including phenoxy) is 1. The highest BCUT2D eigenvalue weighted by Crippen LogP contribution is 2.31. The van der Waals surface area contributed by atoms with Gasteiger partial charge in [-0.3, -0.25) is 15.0 Å². The van der Waals surface area contributed by atoms with Crippen molar-refractivity contribution in [2.75, 3.05) is 13.1 Å². The summed E-state index contributed by atoms with van der Waals surface area (Å²) in [4.78, 5) is 27.9. The maximum atomic E-state index is 13.3. The molecule has 0 unspecified atom stereocenters.